The van der Waals surface area contributed by atoms with Gasteiger partial charge < -0.3 is 9.32 Å². The van der Waals surface area contributed by atoms with Crippen LogP contribution in [0.2, 0.25) is 0 Å². The van der Waals surface area contributed by atoms with Gasteiger partial charge >= 0.3 is 0 Å². The van der Waals surface area contributed by atoms with E-state index in [1.807, 2.05) is 0 Å². The minimum absolute atomic E-state index is 0.310. The van der Waals surface area contributed by atoms with Crippen molar-refractivity contribution in [3.05, 3.63) is 35.1 Å². The summed E-state index contributed by atoms with van der Waals surface area (Å²) in [6.07, 6.45) is 5.65. The zero-order valence-electron chi connectivity index (χ0n) is 13.4. The molecule has 2 atom stereocenters. The van der Waals surface area contributed by atoms with Crippen LogP contribution in [0, 0.1) is 19.8 Å². The topological polar surface area (TPSA) is 33.5 Å². The van der Waals surface area contributed by atoms with Gasteiger partial charge in [0.1, 0.15) is 11.3 Å². The molecule has 2 aromatic rings. The number of aryl methyl sites for hydroxylation is 2. The van der Waals surface area contributed by atoms with Crippen LogP contribution in [0.15, 0.2) is 22.6 Å². The molecule has 0 spiro atoms. The Balaban J connectivity index is 1.61. The predicted molar refractivity (Wildman–Crippen MR) is 86.6 cm³/mol. The maximum absolute atomic E-state index is 12.4. The molecule has 1 amide bonds. The van der Waals surface area contributed by atoms with Gasteiger partial charge in [0.2, 0.25) is 5.91 Å². The molecule has 22 heavy (non-hydrogen) atoms. The van der Waals surface area contributed by atoms with E-state index in [0.29, 0.717) is 24.4 Å². The number of hydrogen-bond acceptors (Lipinski definition) is 2. The minimum atomic E-state index is 0.310. The van der Waals surface area contributed by atoms with Crippen molar-refractivity contribution in [1.82, 2.24) is 4.90 Å². The quantitative estimate of drug-likeness (QED) is 0.826. The van der Waals surface area contributed by atoms with Crippen molar-refractivity contribution in [1.29, 1.82) is 0 Å². The van der Waals surface area contributed by atoms with E-state index < -0.39 is 0 Å². The number of benzene rings is 1. The van der Waals surface area contributed by atoms with Crippen LogP contribution in [0.1, 0.15) is 49.0 Å². The molecule has 0 bridgehead atoms. The molecule has 4 rings (SSSR count). The summed E-state index contributed by atoms with van der Waals surface area (Å²) >= 11 is 0. The third-order valence-corrected chi connectivity index (χ3v) is 5.54. The molecule has 116 valence electrons. The largest absolute Gasteiger partial charge is 0.459 e. The molecule has 1 aliphatic heterocycles. The molecule has 2 aliphatic rings. The van der Waals surface area contributed by atoms with Gasteiger partial charge in [0.15, 0.2) is 0 Å². The number of carbonyl (C=O) groups is 1. The van der Waals surface area contributed by atoms with Crippen LogP contribution in [0.4, 0.5) is 0 Å². The second-order valence-electron chi connectivity index (χ2n) is 7.02. The summed E-state index contributed by atoms with van der Waals surface area (Å²) in [6, 6.07) is 6.82. The lowest BCUT2D eigenvalue weighted by Crippen LogP contribution is -2.36. The number of hydrogen-bond donors (Lipinski definition) is 0. The molecule has 0 unspecified atom stereocenters. The standard InChI is InChI=1S/C19H23NO2/c1-12-7-15-9-16(22-18(15)8-13(12)2)11-20-17-6-4-3-5-14(17)10-19(20)21/h7-9,14,17H,3-6,10-11H2,1-2H3/t14-,17-/m1/s1. The number of carbonyl (C=O) groups excluding carboxylic acids is 1. The van der Waals surface area contributed by atoms with Crippen LogP contribution in [0.3, 0.4) is 0 Å². The van der Waals surface area contributed by atoms with E-state index in [-0.39, 0.29) is 0 Å². The highest BCUT2D eigenvalue weighted by Crippen LogP contribution is 2.38. The Morgan fingerprint density at radius 1 is 1.14 bits per heavy atom. The molecule has 1 aromatic heterocycles. The smallest absolute Gasteiger partial charge is 0.223 e. The van der Waals surface area contributed by atoms with Gasteiger partial charge in [-0.2, -0.15) is 0 Å². The van der Waals surface area contributed by atoms with Gasteiger partial charge in [0.05, 0.1) is 6.54 Å². The molecular formula is C19H23NO2. The number of fused-ring (bicyclic) bond motifs is 2. The van der Waals surface area contributed by atoms with Crippen molar-refractivity contribution >= 4 is 16.9 Å². The van der Waals surface area contributed by atoms with E-state index in [2.05, 4.69) is 36.9 Å². The van der Waals surface area contributed by atoms with E-state index >= 15 is 0 Å². The van der Waals surface area contributed by atoms with Crippen LogP contribution in [0.5, 0.6) is 0 Å². The zero-order chi connectivity index (χ0) is 15.3. The third-order valence-electron chi connectivity index (χ3n) is 5.54. The monoisotopic (exact) mass is 297 g/mol. The van der Waals surface area contributed by atoms with E-state index in [0.717, 1.165) is 29.6 Å². The summed E-state index contributed by atoms with van der Waals surface area (Å²) in [4.78, 5) is 14.4. The number of nitrogens with zero attached hydrogens (tertiary/aromatic N) is 1. The first kappa shape index (κ1) is 13.9. The molecule has 1 saturated heterocycles. The van der Waals surface area contributed by atoms with E-state index in [1.165, 1.54) is 30.4 Å². The van der Waals surface area contributed by atoms with Crippen LogP contribution >= 0.6 is 0 Å². The summed E-state index contributed by atoms with van der Waals surface area (Å²) in [7, 11) is 0. The SMILES string of the molecule is Cc1cc2cc(CN3C(=O)C[C@H]4CCCC[C@H]43)oc2cc1C. The Bertz CT molecular complexity index is 691. The first-order valence-corrected chi connectivity index (χ1v) is 8.41. The number of rotatable bonds is 2. The molecule has 2 heterocycles. The maximum atomic E-state index is 12.4. The second-order valence-corrected chi connectivity index (χ2v) is 7.02. The normalized spacial score (nSPS) is 25.0. The predicted octanol–water partition coefficient (Wildman–Crippen LogP) is 4.34. The lowest BCUT2D eigenvalue weighted by Gasteiger charge is -2.31. The fraction of sp³-hybridized carbons (Fsp3) is 0.526. The number of likely N-dealkylation sites (tertiary alicyclic amines) is 1. The first-order valence-electron chi connectivity index (χ1n) is 8.41. The highest BCUT2D eigenvalue weighted by molar-refractivity contribution is 5.81. The third kappa shape index (κ3) is 2.23. The molecular weight excluding hydrogens is 274 g/mol. The van der Waals surface area contributed by atoms with Gasteiger partial charge in [-0.05, 0) is 61.9 Å². The molecule has 1 saturated carbocycles. The Morgan fingerprint density at radius 3 is 2.77 bits per heavy atom. The minimum Gasteiger partial charge on any atom is -0.459 e. The van der Waals surface area contributed by atoms with Crippen molar-refractivity contribution in [2.24, 2.45) is 5.92 Å². The summed E-state index contributed by atoms with van der Waals surface area (Å²) in [5.74, 6) is 1.81. The molecule has 0 N–H and O–H groups in total. The lowest BCUT2D eigenvalue weighted by molar-refractivity contribution is -0.129. The Kier molecular flexibility index (Phi) is 3.24. The van der Waals surface area contributed by atoms with Crippen molar-refractivity contribution in [3.8, 4) is 0 Å². The van der Waals surface area contributed by atoms with Crippen LogP contribution in [-0.4, -0.2) is 16.8 Å². The van der Waals surface area contributed by atoms with Gasteiger partial charge in [-0.3, -0.25) is 4.79 Å². The van der Waals surface area contributed by atoms with Gasteiger partial charge in [0.25, 0.3) is 0 Å². The second kappa shape index (κ2) is 5.15. The van der Waals surface area contributed by atoms with E-state index in [9.17, 15) is 4.79 Å². The van der Waals surface area contributed by atoms with Gasteiger partial charge in [-0.15, -0.1) is 0 Å². The average Bonchev–Trinajstić information content (AvgIpc) is 3.01. The van der Waals surface area contributed by atoms with Crippen LogP contribution in [0.25, 0.3) is 11.0 Å². The highest BCUT2D eigenvalue weighted by atomic mass is 16.3. The molecule has 0 radical (unpaired) electrons. The summed E-state index contributed by atoms with van der Waals surface area (Å²) in [5.41, 5.74) is 3.47. The number of amides is 1. The van der Waals surface area contributed by atoms with Crippen molar-refractivity contribution < 1.29 is 9.21 Å². The van der Waals surface area contributed by atoms with Crippen LogP contribution in [-0.2, 0) is 11.3 Å². The number of furan rings is 1. The maximum Gasteiger partial charge on any atom is 0.223 e. The average molecular weight is 297 g/mol. The Hall–Kier alpha value is -1.77. The zero-order valence-corrected chi connectivity index (χ0v) is 13.4. The van der Waals surface area contributed by atoms with Crippen molar-refractivity contribution in [2.45, 2.75) is 58.5 Å². The van der Waals surface area contributed by atoms with Gasteiger partial charge in [-0.1, -0.05) is 12.8 Å². The Morgan fingerprint density at radius 2 is 1.91 bits per heavy atom. The van der Waals surface area contributed by atoms with Crippen molar-refractivity contribution in [2.75, 3.05) is 0 Å². The molecule has 3 nitrogen and oxygen atoms in total. The fourth-order valence-electron chi connectivity index (χ4n) is 4.17. The van der Waals surface area contributed by atoms with Gasteiger partial charge in [0, 0.05) is 17.8 Å². The molecule has 1 aromatic carbocycles. The summed E-state index contributed by atoms with van der Waals surface area (Å²) in [5, 5.41) is 1.14. The first-order chi connectivity index (χ1) is 10.6. The van der Waals surface area contributed by atoms with Crippen molar-refractivity contribution in [3.63, 3.8) is 0 Å². The Labute approximate surface area is 131 Å². The molecule has 3 heteroatoms. The van der Waals surface area contributed by atoms with Crippen LogP contribution < -0.4 is 0 Å². The molecule has 2 fully saturated rings. The fourth-order valence-corrected chi connectivity index (χ4v) is 4.17. The van der Waals surface area contributed by atoms with E-state index in [4.69, 9.17) is 4.42 Å². The molecule has 1 aliphatic carbocycles. The summed E-state index contributed by atoms with van der Waals surface area (Å²) in [6.45, 7) is 4.86. The highest BCUT2D eigenvalue weighted by Gasteiger charge is 2.40. The van der Waals surface area contributed by atoms with Gasteiger partial charge in [-0.25, -0.2) is 0 Å². The summed E-state index contributed by atoms with van der Waals surface area (Å²) < 4.78 is 6.00. The van der Waals surface area contributed by atoms with E-state index in [1.54, 1.807) is 0 Å². The lowest BCUT2D eigenvalue weighted by atomic mass is 9.85.